The molecule has 5 rings (SSSR count). The normalized spacial score (nSPS) is 38.2. The first-order valence-electron chi connectivity index (χ1n) is 10.5. The highest BCUT2D eigenvalue weighted by Gasteiger charge is 2.61. The average Bonchev–Trinajstić information content (AvgIpc) is 3.16. The Labute approximate surface area is 156 Å². The molecule has 0 spiro atoms. The van der Waals surface area contributed by atoms with Gasteiger partial charge in [0.2, 0.25) is 5.91 Å². The third kappa shape index (κ3) is 2.90. The minimum absolute atomic E-state index is 0.130. The second-order valence-corrected chi connectivity index (χ2v) is 8.46. The van der Waals surface area contributed by atoms with Crippen LogP contribution in [0.1, 0.15) is 40.0 Å². The quantitative estimate of drug-likeness (QED) is 0.750. The van der Waals surface area contributed by atoms with E-state index < -0.39 is 0 Å². The molecule has 2 amide bonds. The van der Waals surface area contributed by atoms with Gasteiger partial charge in [0.1, 0.15) is 0 Å². The molecule has 146 valence electrons. The van der Waals surface area contributed by atoms with Crippen molar-refractivity contribution < 1.29 is 14.3 Å². The van der Waals surface area contributed by atoms with Crippen LogP contribution in [0.3, 0.4) is 0 Å². The Morgan fingerprint density at radius 3 is 2.27 bits per heavy atom. The Kier molecular flexibility index (Phi) is 4.88. The summed E-state index contributed by atoms with van der Waals surface area (Å²) in [7, 11) is 0. The average molecular weight is 364 g/mol. The SMILES string of the molecule is CCOC(=O)N1C[C@H]2CCC1CC2N1C[C@@H]2C(C(=O)N(CC)CC)[C@@H]2C1. The van der Waals surface area contributed by atoms with E-state index in [4.69, 9.17) is 4.74 Å². The summed E-state index contributed by atoms with van der Waals surface area (Å²) in [4.78, 5) is 31.4. The molecule has 0 N–H and O–H groups in total. The smallest absolute Gasteiger partial charge is 0.410 e. The number of rotatable bonds is 5. The Morgan fingerprint density at radius 2 is 1.73 bits per heavy atom. The molecule has 0 aromatic carbocycles. The number of amides is 2. The zero-order valence-electron chi connectivity index (χ0n) is 16.4. The third-order valence-electron chi connectivity index (χ3n) is 7.35. The molecule has 26 heavy (non-hydrogen) atoms. The van der Waals surface area contributed by atoms with Crippen molar-refractivity contribution in [2.24, 2.45) is 23.7 Å². The van der Waals surface area contributed by atoms with Crippen molar-refractivity contribution in [3.05, 3.63) is 0 Å². The van der Waals surface area contributed by atoms with E-state index in [2.05, 4.69) is 18.7 Å². The minimum Gasteiger partial charge on any atom is -0.450 e. The van der Waals surface area contributed by atoms with E-state index >= 15 is 0 Å². The molecule has 2 saturated carbocycles. The molecular weight excluding hydrogens is 330 g/mol. The molecule has 3 aliphatic heterocycles. The maximum atomic E-state index is 12.6. The molecule has 3 heterocycles. The Bertz CT molecular complexity index is 553. The van der Waals surface area contributed by atoms with Crippen LogP contribution in [0.4, 0.5) is 4.79 Å². The monoisotopic (exact) mass is 363 g/mol. The molecule has 0 aromatic rings. The van der Waals surface area contributed by atoms with Crippen molar-refractivity contribution in [3.8, 4) is 0 Å². The van der Waals surface area contributed by atoms with Gasteiger partial charge in [0, 0.05) is 50.7 Å². The summed E-state index contributed by atoms with van der Waals surface area (Å²) < 4.78 is 5.23. The lowest BCUT2D eigenvalue weighted by molar-refractivity contribution is -0.133. The van der Waals surface area contributed by atoms with E-state index in [9.17, 15) is 9.59 Å². The molecular formula is C20H33N3O3. The van der Waals surface area contributed by atoms with Gasteiger partial charge in [-0.3, -0.25) is 9.69 Å². The van der Waals surface area contributed by atoms with E-state index in [-0.39, 0.29) is 12.0 Å². The van der Waals surface area contributed by atoms with E-state index in [0.717, 1.165) is 45.6 Å². The molecule has 5 fully saturated rings. The highest BCUT2D eigenvalue weighted by molar-refractivity contribution is 5.82. The minimum atomic E-state index is -0.130. The molecule has 6 nitrogen and oxygen atoms in total. The van der Waals surface area contributed by atoms with E-state index in [0.29, 0.717) is 42.4 Å². The molecule has 0 radical (unpaired) electrons. The summed E-state index contributed by atoms with van der Waals surface area (Å²) in [5, 5.41) is 0. The summed E-state index contributed by atoms with van der Waals surface area (Å²) in [6, 6.07) is 0.936. The van der Waals surface area contributed by atoms with Crippen LogP contribution in [0.25, 0.3) is 0 Å². The van der Waals surface area contributed by atoms with Gasteiger partial charge in [-0.05, 0) is 57.8 Å². The fourth-order valence-electron chi connectivity index (χ4n) is 5.91. The topological polar surface area (TPSA) is 53.1 Å². The zero-order valence-corrected chi connectivity index (χ0v) is 16.4. The Morgan fingerprint density at radius 1 is 1.04 bits per heavy atom. The van der Waals surface area contributed by atoms with E-state index in [1.807, 2.05) is 16.7 Å². The zero-order chi connectivity index (χ0) is 18.4. The summed E-state index contributed by atoms with van der Waals surface area (Å²) in [5.41, 5.74) is 0. The van der Waals surface area contributed by atoms with Gasteiger partial charge < -0.3 is 14.5 Å². The van der Waals surface area contributed by atoms with Crippen LogP contribution < -0.4 is 0 Å². The van der Waals surface area contributed by atoms with Gasteiger partial charge in [-0.2, -0.15) is 0 Å². The van der Waals surface area contributed by atoms with Gasteiger partial charge in [0.15, 0.2) is 0 Å². The first-order valence-corrected chi connectivity index (χ1v) is 10.5. The van der Waals surface area contributed by atoms with Crippen LogP contribution in [0.5, 0.6) is 0 Å². The molecule has 6 heteroatoms. The number of fused-ring (bicyclic) bond motifs is 4. The molecule has 6 atom stereocenters. The maximum absolute atomic E-state index is 12.6. The van der Waals surface area contributed by atoms with Crippen molar-refractivity contribution in [1.82, 2.24) is 14.7 Å². The first-order chi connectivity index (χ1) is 12.6. The summed E-state index contributed by atoms with van der Waals surface area (Å²) in [6.45, 7) is 11.1. The van der Waals surface area contributed by atoms with Crippen molar-refractivity contribution in [1.29, 1.82) is 0 Å². The van der Waals surface area contributed by atoms with Gasteiger partial charge in [-0.15, -0.1) is 0 Å². The van der Waals surface area contributed by atoms with Crippen molar-refractivity contribution in [2.45, 2.75) is 52.1 Å². The van der Waals surface area contributed by atoms with E-state index in [1.54, 1.807) is 0 Å². The van der Waals surface area contributed by atoms with Crippen LogP contribution in [0.2, 0.25) is 0 Å². The molecule has 5 aliphatic rings. The second kappa shape index (κ2) is 7.02. The first kappa shape index (κ1) is 18.1. The number of nitrogens with zero attached hydrogens (tertiary/aromatic N) is 3. The summed E-state index contributed by atoms with van der Waals surface area (Å²) >= 11 is 0. The predicted octanol–water partition coefficient (Wildman–Crippen LogP) is 2.04. The van der Waals surface area contributed by atoms with Gasteiger partial charge in [-0.25, -0.2) is 4.79 Å². The lowest BCUT2D eigenvalue weighted by Crippen LogP contribution is -2.60. The highest BCUT2D eigenvalue weighted by Crippen LogP contribution is 2.54. The van der Waals surface area contributed by atoms with Crippen molar-refractivity contribution in [2.75, 3.05) is 39.3 Å². The maximum Gasteiger partial charge on any atom is 0.410 e. The number of carbonyl (C=O) groups excluding carboxylic acids is 2. The van der Waals surface area contributed by atoms with Crippen LogP contribution in [0.15, 0.2) is 0 Å². The van der Waals surface area contributed by atoms with Crippen LogP contribution in [-0.4, -0.2) is 78.1 Å². The van der Waals surface area contributed by atoms with Crippen LogP contribution >= 0.6 is 0 Å². The van der Waals surface area contributed by atoms with Crippen molar-refractivity contribution in [3.63, 3.8) is 0 Å². The van der Waals surface area contributed by atoms with Crippen LogP contribution in [0, 0.1) is 23.7 Å². The molecule has 3 unspecified atom stereocenters. The predicted molar refractivity (Wildman–Crippen MR) is 98.6 cm³/mol. The van der Waals surface area contributed by atoms with Crippen molar-refractivity contribution >= 4 is 12.0 Å². The van der Waals surface area contributed by atoms with Gasteiger partial charge >= 0.3 is 6.09 Å². The van der Waals surface area contributed by atoms with Gasteiger partial charge in [0.05, 0.1) is 6.61 Å². The van der Waals surface area contributed by atoms with E-state index in [1.165, 1.54) is 6.42 Å². The number of hydrogen-bond donors (Lipinski definition) is 0. The Hall–Kier alpha value is -1.30. The number of likely N-dealkylation sites (tertiary alicyclic amines) is 1. The molecule has 0 aromatic heterocycles. The van der Waals surface area contributed by atoms with Gasteiger partial charge in [0.25, 0.3) is 0 Å². The lowest BCUT2D eigenvalue weighted by Gasteiger charge is -2.51. The number of hydrogen-bond acceptors (Lipinski definition) is 4. The fraction of sp³-hybridized carbons (Fsp3) is 0.900. The number of carbonyl (C=O) groups is 2. The van der Waals surface area contributed by atoms with Crippen LogP contribution in [-0.2, 0) is 9.53 Å². The number of ether oxygens (including phenoxy) is 1. The second-order valence-electron chi connectivity index (χ2n) is 8.46. The summed E-state index contributed by atoms with van der Waals surface area (Å²) in [5.74, 6) is 2.37. The van der Waals surface area contributed by atoms with Gasteiger partial charge in [-0.1, -0.05) is 0 Å². The Balaban J connectivity index is 1.32. The largest absolute Gasteiger partial charge is 0.450 e. The fourth-order valence-corrected chi connectivity index (χ4v) is 5.91. The number of piperidine rings is 3. The standard InChI is InChI=1S/C20H33N3O3/c1-4-21(5-2)19(24)18-15-11-22(12-16(15)18)17-9-14-8-7-13(17)10-23(14)20(25)26-6-3/h13-18H,4-12H2,1-3H3/t13-,14?,15-,16+,17?,18?/m1/s1. The molecule has 3 saturated heterocycles. The highest BCUT2D eigenvalue weighted by atomic mass is 16.6. The summed E-state index contributed by atoms with van der Waals surface area (Å²) in [6.07, 6.45) is 3.29. The molecule has 2 aliphatic carbocycles. The molecule has 2 bridgehead atoms. The third-order valence-corrected chi connectivity index (χ3v) is 7.35. The lowest BCUT2D eigenvalue weighted by atomic mass is 9.75.